The molecule has 1 unspecified atom stereocenters. The number of nitrogens with one attached hydrogen (secondary N) is 1. The van der Waals surface area contributed by atoms with Crippen LogP contribution in [-0.4, -0.2) is 18.4 Å². The average molecular weight is 127 g/mol. The van der Waals surface area contributed by atoms with Gasteiger partial charge in [-0.25, -0.2) is 0 Å². The molecule has 52 valence electrons. The van der Waals surface area contributed by atoms with E-state index in [4.69, 9.17) is 0 Å². The molecule has 0 aromatic rings. The molecule has 0 spiro atoms. The minimum Gasteiger partial charge on any atom is -0.305 e. The molecule has 1 saturated heterocycles. The van der Waals surface area contributed by atoms with Gasteiger partial charge in [-0.3, -0.25) is 0 Å². The fourth-order valence-electron chi connectivity index (χ4n) is 1.32. The molecular formula is C7H13NO. The lowest BCUT2D eigenvalue weighted by Crippen LogP contribution is -2.40. The number of rotatable bonds is 2. The summed E-state index contributed by atoms with van der Waals surface area (Å²) in [6, 6.07) is 0. The number of hydrogen-bond donors (Lipinski definition) is 1. The number of carbonyl (C=O) groups excluding carboxylic acids is 1. The van der Waals surface area contributed by atoms with Crippen LogP contribution in [0.1, 0.15) is 26.2 Å². The van der Waals surface area contributed by atoms with Crippen molar-refractivity contribution in [3.63, 3.8) is 0 Å². The van der Waals surface area contributed by atoms with E-state index in [0.29, 0.717) is 0 Å². The van der Waals surface area contributed by atoms with Crippen molar-refractivity contribution in [3.05, 3.63) is 0 Å². The Bertz CT molecular complexity index is 105. The molecule has 0 amide bonds. The molecule has 2 heteroatoms. The maximum absolute atomic E-state index is 10.5. The van der Waals surface area contributed by atoms with Crippen molar-refractivity contribution in [1.82, 2.24) is 5.32 Å². The van der Waals surface area contributed by atoms with Crippen LogP contribution < -0.4 is 5.32 Å². The van der Waals surface area contributed by atoms with E-state index in [1.54, 1.807) is 0 Å². The van der Waals surface area contributed by atoms with Gasteiger partial charge in [0.05, 0.1) is 5.54 Å². The zero-order valence-corrected chi connectivity index (χ0v) is 5.81. The third kappa shape index (κ3) is 1.13. The summed E-state index contributed by atoms with van der Waals surface area (Å²) in [7, 11) is 0. The lowest BCUT2D eigenvalue weighted by Gasteiger charge is -2.19. The van der Waals surface area contributed by atoms with E-state index >= 15 is 0 Å². The van der Waals surface area contributed by atoms with Gasteiger partial charge >= 0.3 is 0 Å². The Balaban J connectivity index is 2.55. The lowest BCUT2D eigenvalue weighted by atomic mass is 9.97. The molecule has 9 heavy (non-hydrogen) atoms. The Labute approximate surface area is 55.6 Å². The first-order chi connectivity index (χ1) is 4.33. The van der Waals surface area contributed by atoms with E-state index in [-0.39, 0.29) is 5.54 Å². The Kier molecular flexibility index (Phi) is 1.86. The molecule has 1 aliphatic rings. The molecule has 1 atom stereocenters. The predicted octanol–water partition coefficient (Wildman–Crippen LogP) is 0.718. The first-order valence-corrected chi connectivity index (χ1v) is 3.54. The summed E-state index contributed by atoms with van der Waals surface area (Å²) in [5, 5.41) is 3.20. The molecule has 0 radical (unpaired) electrons. The van der Waals surface area contributed by atoms with Crippen LogP contribution in [-0.2, 0) is 4.79 Å². The third-order valence-electron chi connectivity index (χ3n) is 2.13. The summed E-state index contributed by atoms with van der Waals surface area (Å²) in [5.74, 6) is 0. The van der Waals surface area contributed by atoms with Gasteiger partial charge in [-0.1, -0.05) is 6.92 Å². The Morgan fingerprint density at radius 1 is 1.78 bits per heavy atom. The predicted molar refractivity (Wildman–Crippen MR) is 36.3 cm³/mol. The van der Waals surface area contributed by atoms with Gasteiger partial charge in [0.1, 0.15) is 6.29 Å². The zero-order chi connectivity index (χ0) is 6.74. The standard InChI is InChI=1S/C7H13NO/c1-2-7(6-9)4-3-5-8-7/h6,8H,2-5H2,1H3. The first-order valence-electron chi connectivity index (χ1n) is 3.54. The smallest absolute Gasteiger partial charge is 0.140 e. The summed E-state index contributed by atoms with van der Waals surface area (Å²) >= 11 is 0. The number of carbonyl (C=O) groups is 1. The molecule has 0 aromatic carbocycles. The van der Waals surface area contributed by atoms with E-state index in [1.807, 2.05) is 6.92 Å². The summed E-state index contributed by atoms with van der Waals surface area (Å²) in [5.41, 5.74) is -0.153. The quantitative estimate of drug-likeness (QED) is 0.554. The molecule has 0 saturated carbocycles. The highest BCUT2D eigenvalue weighted by molar-refractivity contribution is 5.64. The van der Waals surface area contributed by atoms with E-state index in [9.17, 15) is 4.79 Å². The minimum atomic E-state index is -0.153. The molecule has 1 fully saturated rings. The monoisotopic (exact) mass is 127 g/mol. The van der Waals surface area contributed by atoms with Crippen LogP contribution >= 0.6 is 0 Å². The summed E-state index contributed by atoms with van der Waals surface area (Å²) in [6.45, 7) is 3.05. The third-order valence-corrected chi connectivity index (χ3v) is 2.13. The van der Waals surface area contributed by atoms with Gasteiger partial charge in [-0.05, 0) is 25.8 Å². The maximum atomic E-state index is 10.5. The minimum absolute atomic E-state index is 0.153. The lowest BCUT2D eigenvalue weighted by molar-refractivity contribution is -0.113. The summed E-state index contributed by atoms with van der Waals surface area (Å²) in [4.78, 5) is 10.5. The SMILES string of the molecule is CCC1(C=O)CCCN1. The fraction of sp³-hybridized carbons (Fsp3) is 0.857. The highest BCUT2D eigenvalue weighted by Gasteiger charge is 2.30. The van der Waals surface area contributed by atoms with Gasteiger partial charge in [0.25, 0.3) is 0 Å². The van der Waals surface area contributed by atoms with Crippen LogP contribution in [0.15, 0.2) is 0 Å². The van der Waals surface area contributed by atoms with Crippen LogP contribution in [0, 0.1) is 0 Å². The van der Waals surface area contributed by atoms with Crippen molar-refractivity contribution < 1.29 is 4.79 Å². The van der Waals surface area contributed by atoms with Crippen molar-refractivity contribution in [2.75, 3.05) is 6.54 Å². The Morgan fingerprint density at radius 3 is 2.78 bits per heavy atom. The molecule has 1 heterocycles. The van der Waals surface area contributed by atoms with Crippen LogP contribution in [0.4, 0.5) is 0 Å². The molecule has 1 aliphatic heterocycles. The second-order valence-corrected chi connectivity index (χ2v) is 2.66. The van der Waals surface area contributed by atoms with Gasteiger partial charge in [-0.15, -0.1) is 0 Å². The number of hydrogen-bond acceptors (Lipinski definition) is 2. The fourth-order valence-corrected chi connectivity index (χ4v) is 1.32. The van der Waals surface area contributed by atoms with Crippen molar-refractivity contribution >= 4 is 6.29 Å². The second-order valence-electron chi connectivity index (χ2n) is 2.66. The average Bonchev–Trinajstić information content (AvgIpc) is 2.36. The number of aldehydes is 1. The van der Waals surface area contributed by atoms with Crippen LogP contribution in [0.3, 0.4) is 0 Å². The van der Waals surface area contributed by atoms with E-state index in [0.717, 1.165) is 32.1 Å². The van der Waals surface area contributed by atoms with Crippen LogP contribution in [0.5, 0.6) is 0 Å². The largest absolute Gasteiger partial charge is 0.305 e. The van der Waals surface area contributed by atoms with Crippen molar-refractivity contribution in [3.8, 4) is 0 Å². The summed E-state index contributed by atoms with van der Waals surface area (Å²) in [6.07, 6.45) is 4.15. The van der Waals surface area contributed by atoms with E-state index in [2.05, 4.69) is 5.32 Å². The topological polar surface area (TPSA) is 29.1 Å². The second kappa shape index (κ2) is 2.48. The summed E-state index contributed by atoms with van der Waals surface area (Å²) < 4.78 is 0. The normalized spacial score (nSPS) is 34.8. The Hall–Kier alpha value is -0.370. The highest BCUT2D eigenvalue weighted by Crippen LogP contribution is 2.19. The molecule has 2 nitrogen and oxygen atoms in total. The van der Waals surface area contributed by atoms with E-state index < -0.39 is 0 Å². The zero-order valence-electron chi connectivity index (χ0n) is 5.81. The van der Waals surface area contributed by atoms with Gasteiger partial charge in [0.15, 0.2) is 0 Å². The molecule has 1 rings (SSSR count). The molecule has 0 bridgehead atoms. The van der Waals surface area contributed by atoms with Gasteiger partial charge in [-0.2, -0.15) is 0 Å². The first kappa shape index (κ1) is 6.75. The Morgan fingerprint density at radius 2 is 2.56 bits per heavy atom. The highest BCUT2D eigenvalue weighted by atomic mass is 16.1. The van der Waals surface area contributed by atoms with Gasteiger partial charge in [0, 0.05) is 0 Å². The van der Waals surface area contributed by atoms with Gasteiger partial charge < -0.3 is 10.1 Å². The maximum Gasteiger partial charge on any atom is 0.140 e. The van der Waals surface area contributed by atoms with E-state index in [1.165, 1.54) is 0 Å². The molecule has 0 aliphatic carbocycles. The van der Waals surface area contributed by atoms with Crippen LogP contribution in [0.2, 0.25) is 0 Å². The van der Waals surface area contributed by atoms with Crippen molar-refractivity contribution in [2.45, 2.75) is 31.7 Å². The molecular weight excluding hydrogens is 114 g/mol. The van der Waals surface area contributed by atoms with Gasteiger partial charge in [0.2, 0.25) is 0 Å². The van der Waals surface area contributed by atoms with Crippen LogP contribution in [0.25, 0.3) is 0 Å². The van der Waals surface area contributed by atoms with Crippen molar-refractivity contribution in [1.29, 1.82) is 0 Å². The van der Waals surface area contributed by atoms with Crippen molar-refractivity contribution in [2.24, 2.45) is 0 Å². The molecule has 1 N–H and O–H groups in total. The molecule has 0 aromatic heterocycles.